The minimum atomic E-state index is -0.507. The fourth-order valence-corrected chi connectivity index (χ4v) is 3.47. The number of benzene rings is 2. The largest absolute Gasteiger partial charge is 0.386 e. The number of fused-ring (bicyclic) bond motifs is 1. The van der Waals surface area contributed by atoms with E-state index in [1.807, 2.05) is 31.4 Å². The summed E-state index contributed by atoms with van der Waals surface area (Å²) >= 11 is 1.59. The second-order valence-electron chi connectivity index (χ2n) is 6.17. The minimum absolute atomic E-state index is 0.378. The van der Waals surface area contributed by atoms with Gasteiger partial charge in [0.25, 0.3) is 0 Å². The van der Waals surface area contributed by atoms with Crippen molar-refractivity contribution in [1.82, 2.24) is 5.32 Å². The zero-order valence-corrected chi connectivity index (χ0v) is 13.7. The van der Waals surface area contributed by atoms with E-state index in [0.717, 1.165) is 11.4 Å². The lowest BCUT2D eigenvalue weighted by atomic mass is 9.95. The third kappa shape index (κ3) is 3.22. The lowest BCUT2D eigenvalue weighted by Crippen LogP contribution is -2.44. The fourth-order valence-electron chi connectivity index (χ4n) is 2.58. The van der Waals surface area contributed by atoms with Gasteiger partial charge in [-0.25, -0.2) is 0 Å². The van der Waals surface area contributed by atoms with E-state index < -0.39 is 6.10 Å². The number of hydrogen-bond acceptors (Lipinski definition) is 3. The molecule has 0 spiro atoms. The van der Waals surface area contributed by atoms with Gasteiger partial charge in [-0.2, -0.15) is 0 Å². The van der Waals surface area contributed by atoms with Crippen LogP contribution < -0.4 is 5.32 Å². The van der Waals surface area contributed by atoms with E-state index in [9.17, 15) is 5.11 Å². The van der Waals surface area contributed by atoms with Crippen LogP contribution in [0, 0.1) is 0 Å². The molecule has 114 valence electrons. The van der Waals surface area contributed by atoms with Gasteiger partial charge in [0.05, 0.1) is 0 Å². The van der Waals surface area contributed by atoms with Crippen LogP contribution in [-0.4, -0.2) is 10.6 Å². The van der Waals surface area contributed by atoms with Crippen LogP contribution in [0.25, 0.3) is 10.8 Å². The molecule has 0 aliphatic carbocycles. The number of thiophene rings is 1. The summed E-state index contributed by atoms with van der Waals surface area (Å²) in [5.74, 6) is 0. The zero-order chi connectivity index (χ0) is 15.6. The van der Waals surface area contributed by atoms with Gasteiger partial charge in [-0.05, 0) is 47.7 Å². The molecular weight excluding hydrogens is 290 g/mol. The molecule has 2 aromatic carbocycles. The van der Waals surface area contributed by atoms with E-state index in [1.165, 1.54) is 16.3 Å². The molecule has 2 N–H and O–H groups in total. The van der Waals surface area contributed by atoms with Crippen molar-refractivity contribution in [1.29, 1.82) is 0 Å². The van der Waals surface area contributed by atoms with Gasteiger partial charge in [-0.3, -0.25) is 0 Å². The van der Waals surface area contributed by atoms with Crippen molar-refractivity contribution in [3.05, 3.63) is 70.4 Å². The molecule has 0 saturated carbocycles. The Morgan fingerprint density at radius 1 is 1.05 bits per heavy atom. The maximum Gasteiger partial charge on any atom is 0.106 e. The quantitative estimate of drug-likeness (QED) is 0.727. The van der Waals surface area contributed by atoms with Gasteiger partial charge in [-0.15, -0.1) is 11.3 Å². The van der Waals surface area contributed by atoms with Crippen molar-refractivity contribution < 1.29 is 5.11 Å². The van der Waals surface area contributed by atoms with Crippen LogP contribution in [0.3, 0.4) is 0 Å². The molecule has 1 aromatic heterocycles. The molecule has 3 aromatic rings. The average molecular weight is 311 g/mol. The normalized spacial score (nSPS) is 13.4. The highest BCUT2D eigenvalue weighted by atomic mass is 32.1. The Balaban J connectivity index is 1.72. The van der Waals surface area contributed by atoms with Crippen molar-refractivity contribution >= 4 is 22.1 Å². The molecule has 1 atom stereocenters. The third-order valence-electron chi connectivity index (χ3n) is 4.06. The van der Waals surface area contributed by atoms with Gasteiger partial charge in [0.1, 0.15) is 6.10 Å². The van der Waals surface area contributed by atoms with Crippen molar-refractivity contribution in [2.45, 2.75) is 32.0 Å². The highest BCUT2D eigenvalue weighted by Crippen LogP contribution is 2.29. The first-order chi connectivity index (χ1) is 10.6. The van der Waals surface area contributed by atoms with Gasteiger partial charge in [-0.1, -0.05) is 42.5 Å². The number of aliphatic hydroxyl groups excluding tert-OH is 1. The van der Waals surface area contributed by atoms with E-state index in [0.29, 0.717) is 0 Å². The van der Waals surface area contributed by atoms with Crippen LogP contribution in [0.1, 0.15) is 30.4 Å². The van der Waals surface area contributed by atoms with Crippen LogP contribution in [0.2, 0.25) is 0 Å². The van der Waals surface area contributed by atoms with Gasteiger partial charge < -0.3 is 10.4 Å². The lowest BCUT2D eigenvalue weighted by Gasteiger charge is -2.31. The van der Waals surface area contributed by atoms with Gasteiger partial charge in [0.2, 0.25) is 0 Å². The molecule has 0 fully saturated rings. The molecule has 22 heavy (non-hydrogen) atoms. The van der Waals surface area contributed by atoms with E-state index >= 15 is 0 Å². The smallest absolute Gasteiger partial charge is 0.106 e. The van der Waals surface area contributed by atoms with Crippen molar-refractivity contribution in [3.8, 4) is 0 Å². The molecule has 0 saturated heterocycles. The molecule has 0 radical (unpaired) electrons. The van der Waals surface area contributed by atoms with E-state index in [-0.39, 0.29) is 5.54 Å². The maximum atomic E-state index is 10.5. The van der Waals surface area contributed by atoms with E-state index in [2.05, 4.69) is 47.8 Å². The molecular formula is C19H21NOS. The summed E-state index contributed by atoms with van der Waals surface area (Å²) < 4.78 is 0. The van der Waals surface area contributed by atoms with Crippen LogP contribution in [0.5, 0.6) is 0 Å². The fraction of sp³-hybridized carbons (Fsp3) is 0.263. The summed E-state index contributed by atoms with van der Waals surface area (Å²) in [4.78, 5) is 0.996. The Bertz CT molecular complexity index is 749. The number of hydrogen-bond donors (Lipinski definition) is 2. The first-order valence-electron chi connectivity index (χ1n) is 7.50. The second kappa shape index (κ2) is 6.21. The summed E-state index contributed by atoms with van der Waals surface area (Å²) in [6.07, 6.45) is -0.507. The monoisotopic (exact) mass is 311 g/mol. The Morgan fingerprint density at radius 3 is 2.55 bits per heavy atom. The number of nitrogens with one attached hydrogen (secondary N) is 1. The van der Waals surface area contributed by atoms with Gasteiger partial charge in [0.15, 0.2) is 0 Å². The first kappa shape index (κ1) is 15.2. The van der Waals surface area contributed by atoms with Crippen molar-refractivity contribution in [2.75, 3.05) is 0 Å². The molecule has 0 bridgehead atoms. The zero-order valence-electron chi connectivity index (χ0n) is 12.9. The maximum absolute atomic E-state index is 10.5. The molecule has 0 amide bonds. The number of aliphatic hydroxyl groups is 1. The van der Waals surface area contributed by atoms with Crippen LogP contribution in [-0.2, 0) is 6.54 Å². The number of rotatable bonds is 5. The molecule has 3 heteroatoms. The van der Waals surface area contributed by atoms with Gasteiger partial charge in [0, 0.05) is 17.0 Å². The van der Waals surface area contributed by atoms with Crippen molar-refractivity contribution in [2.24, 2.45) is 0 Å². The standard InChI is InChI=1S/C19H21NOS/c1-19(2,18(21)17-8-5-11-22-17)20-13-14-9-10-15-6-3-4-7-16(15)12-14/h3-12,18,20-21H,13H2,1-2H3. The summed E-state index contributed by atoms with van der Waals surface area (Å²) in [7, 11) is 0. The Kier molecular flexibility index (Phi) is 4.30. The average Bonchev–Trinajstić information content (AvgIpc) is 3.06. The molecule has 0 aliphatic rings. The highest BCUT2D eigenvalue weighted by Gasteiger charge is 2.29. The summed E-state index contributed by atoms with van der Waals surface area (Å²) in [5, 5.41) is 18.5. The van der Waals surface area contributed by atoms with Crippen LogP contribution >= 0.6 is 11.3 Å². The summed E-state index contributed by atoms with van der Waals surface area (Å²) in [6, 6.07) is 18.8. The lowest BCUT2D eigenvalue weighted by molar-refractivity contribution is 0.0822. The minimum Gasteiger partial charge on any atom is -0.386 e. The van der Waals surface area contributed by atoms with Gasteiger partial charge >= 0.3 is 0 Å². The summed E-state index contributed by atoms with van der Waals surface area (Å²) in [5.41, 5.74) is 0.849. The predicted molar refractivity (Wildman–Crippen MR) is 94.1 cm³/mol. The van der Waals surface area contributed by atoms with E-state index in [1.54, 1.807) is 11.3 Å². The van der Waals surface area contributed by atoms with Crippen molar-refractivity contribution in [3.63, 3.8) is 0 Å². The van der Waals surface area contributed by atoms with E-state index in [4.69, 9.17) is 0 Å². The Morgan fingerprint density at radius 2 is 1.82 bits per heavy atom. The third-order valence-corrected chi connectivity index (χ3v) is 4.98. The topological polar surface area (TPSA) is 32.3 Å². The van der Waals surface area contributed by atoms with Crippen LogP contribution in [0.15, 0.2) is 60.0 Å². The summed E-state index contributed by atoms with van der Waals surface area (Å²) in [6.45, 7) is 4.82. The molecule has 1 unspecified atom stereocenters. The SMILES string of the molecule is CC(C)(NCc1ccc2ccccc2c1)C(O)c1cccs1. The first-order valence-corrected chi connectivity index (χ1v) is 8.38. The Labute approximate surface area is 135 Å². The predicted octanol–water partition coefficient (Wildman–Crippen LogP) is 4.50. The molecule has 1 heterocycles. The molecule has 0 aliphatic heterocycles. The molecule has 2 nitrogen and oxygen atoms in total. The highest BCUT2D eigenvalue weighted by molar-refractivity contribution is 7.10. The second-order valence-corrected chi connectivity index (χ2v) is 7.15. The molecule has 3 rings (SSSR count). The Hall–Kier alpha value is -1.68. The van der Waals surface area contributed by atoms with Crippen LogP contribution in [0.4, 0.5) is 0 Å².